The van der Waals surface area contributed by atoms with Gasteiger partial charge in [0.25, 0.3) is 0 Å². The molecule has 106 valence electrons. The van der Waals surface area contributed by atoms with Crippen LogP contribution in [0.4, 0.5) is 10.2 Å². The van der Waals surface area contributed by atoms with E-state index in [1.54, 1.807) is 18.2 Å². The number of nitrogens with two attached hydrogens (primary N) is 1. The molecule has 0 atom stereocenters. The second kappa shape index (κ2) is 5.39. The van der Waals surface area contributed by atoms with Crippen LogP contribution in [0, 0.1) is 5.82 Å². The minimum Gasteiger partial charge on any atom is -0.380 e. The minimum absolute atomic E-state index is 0.193. The van der Waals surface area contributed by atoms with Crippen molar-refractivity contribution >= 4 is 29.0 Å². The summed E-state index contributed by atoms with van der Waals surface area (Å²) in [5.41, 5.74) is 7.59. The molecular weight excluding hydrogens is 314 g/mol. The summed E-state index contributed by atoms with van der Waals surface area (Å²) in [6.07, 6.45) is 0. The van der Waals surface area contributed by atoms with Crippen LogP contribution in [-0.2, 0) is 0 Å². The van der Waals surface area contributed by atoms with Gasteiger partial charge in [-0.1, -0.05) is 46.6 Å². The average Bonchev–Trinajstić information content (AvgIpc) is 2.81. The Morgan fingerprint density at radius 3 is 2.48 bits per heavy atom. The van der Waals surface area contributed by atoms with Gasteiger partial charge in [-0.25, -0.2) is 4.39 Å². The van der Waals surface area contributed by atoms with Gasteiger partial charge in [0, 0.05) is 16.1 Å². The number of nitrogens with zero attached hydrogens (tertiary/aromatic N) is 1. The van der Waals surface area contributed by atoms with Crippen molar-refractivity contribution in [3.05, 3.63) is 58.3 Å². The molecule has 2 aromatic carbocycles. The Bertz CT molecular complexity index is 817. The predicted octanol–water partition coefficient (Wildman–Crippen LogP) is 5.04. The Balaban J connectivity index is 2.25. The molecule has 3 nitrogen and oxygen atoms in total. The number of rotatable bonds is 2. The van der Waals surface area contributed by atoms with E-state index in [0.29, 0.717) is 27.5 Å². The molecule has 1 heterocycles. The normalized spacial score (nSPS) is 10.8. The molecule has 0 radical (unpaired) electrons. The van der Waals surface area contributed by atoms with Gasteiger partial charge < -0.3 is 10.3 Å². The van der Waals surface area contributed by atoms with Gasteiger partial charge in [0.2, 0.25) is 0 Å². The van der Waals surface area contributed by atoms with Crippen LogP contribution in [0.5, 0.6) is 0 Å². The fraction of sp³-hybridized carbons (Fsp3) is 0. The first-order valence-electron chi connectivity index (χ1n) is 6.03. The zero-order valence-corrected chi connectivity index (χ0v) is 12.1. The highest BCUT2D eigenvalue weighted by atomic mass is 35.5. The molecule has 0 saturated carbocycles. The molecule has 0 saturated heterocycles. The van der Waals surface area contributed by atoms with Crippen molar-refractivity contribution in [3.8, 4) is 22.5 Å². The van der Waals surface area contributed by atoms with Crippen LogP contribution in [0.3, 0.4) is 0 Å². The van der Waals surface area contributed by atoms with Crippen LogP contribution in [-0.4, -0.2) is 5.16 Å². The summed E-state index contributed by atoms with van der Waals surface area (Å²) in [5.74, 6) is 0.111. The van der Waals surface area contributed by atoms with E-state index in [1.165, 1.54) is 18.2 Å². The van der Waals surface area contributed by atoms with Gasteiger partial charge >= 0.3 is 0 Å². The summed E-state index contributed by atoms with van der Waals surface area (Å²) in [6, 6.07) is 11.2. The van der Waals surface area contributed by atoms with Gasteiger partial charge in [-0.3, -0.25) is 0 Å². The first-order chi connectivity index (χ1) is 10.1. The van der Waals surface area contributed by atoms with Crippen LogP contribution >= 0.6 is 23.2 Å². The van der Waals surface area contributed by atoms with Gasteiger partial charge in [-0.2, -0.15) is 0 Å². The lowest BCUT2D eigenvalue weighted by molar-refractivity contribution is 0.436. The van der Waals surface area contributed by atoms with Crippen molar-refractivity contribution in [2.75, 3.05) is 5.73 Å². The molecule has 21 heavy (non-hydrogen) atoms. The lowest BCUT2D eigenvalue weighted by Crippen LogP contribution is -1.90. The highest BCUT2D eigenvalue weighted by molar-refractivity contribution is 6.34. The minimum atomic E-state index is -0.435. The highest BCUT2D eigenvalue weighted by Crippen LogP contribution is 2.41. The fourth-order valence-corrected chi connectivity index (χ4v) is 2.57. The zero-order chi connectivity index (χ0) is 15.0. The molecule has 0 spiro atoms. The van der Waals surface area contributed by atoms with E-state index in [-0.39, 0.29) is 10.8 Å². The van der Waals surface area contributed by atoms with E-state index < -0.39 is 5.82 Å². The van der Waals surface area contributed by atoms with Crippen molar-refractivity contribution in [1.29, 1.82) is 0 Å². The summed E-state index contributed by atoms with van der Waals surface area (Å²) in [4.78, 5) is 0. The van der Waals surface area contributed by atoms with E-state index in [4.69, 9.17) is 33.5 Å². The lowest BCUT2D eigenvalue weighted by Gasteiger charge is -2.06. The SMILES string of the molecule is Nc1noc(-c2ccc(F)cc2Cl)c1-c1ccccc1Cl. The summed E-state index contributed by atoms with van der Waals surface area (Å²) < 4.78 is 18.5. The molecule has 1 aromatic heterocycles. The third kappa shape index (κ3) is 2.48. The molecular formula is C15H9Cl2FN2O. The van der Waals surface area contributed by atoms with Gasteiger partial charge in [0.1, 0.15) is 5.82 Å². The van der Waals surface area contributed by atoms with Gasteiger partial charge in [0.05, 0.1) is 10.6 Å². The molecule has 3 aromatic rings. The van der Waals surface area contributed by atoms with E-state index in [0.717, 1.165) is 0 Å². The molecule has 0 aliphatic rings. The average molecular weight is 323 g/mol. The van der Waals surface area contributed by atoms with Crippen molar-refractivity contribution in [1.82, 2.24) is 5.16 Å². The summed E-state index contributed by atoms with van der Waals surface area (Å²) in [7, 11) is 0. The number of halogens is 3. The monoisotopic (exact) mass is 322 g/mol. The quantitative estimate of drug-likeness (QED) is 0.719. The maximum absolute atomic E-state index is 13.2. The molecule has 0 aliphatic heterocycles. The zero-order valence-electron chi connectivity index (χ0n) is 10.6. The van der Waals surface area contributed by atoms with Crippen molar-refractivity contribution < 1.29 is 8.91 Å². The first kappa shape index (κ1) is 13.9. The number of benzene rings is 2. The summed E-state index contributed by atoms with van der Waals surface area (Å²) in [6.45, 7) is 0. The molecule has 0 fully saturated rings. The first-order valence-corrected chi connectivity index (χ1v) is 6.79. The van der Waals surface area contributed by atoms with E-state index >= 15 is 0 Å². The van der Waals surface area contributed by atoms with E-state index in [2.05, 4.69) is 5.16 Å². The summed E-state index contributed by atoms with van der Waals surface area (Å²) >= 11 is 12.3. The third-order valence-corrected chi connectivity index (χ3v) is 3.68. The highest BCUT2D eigenvalue weighted by Gasteiger charge is 2.21. The van der Waals surface area contributed by atoms with Gasteiger partial charge in [-0.05, 0) is 24.3 Å². The molecule has 2 N–H and O–H groups in total. The molecule has 0 bridgehead atoms. The topological polar surface area (TPSA) is 52.0 Å². The number of hydrogen-bond donors (Lipinski definition) is 1. The number of hydrogen-bond acceptors (Lipinski definition) is 3. The van der Waals surface area contributed by atoms with Crippen molar-refractivity contribution in [2.24, 2.45) is 0 Å². The van der Waals surface area contributed by atoms with Gasteiger partial charge in [0.15, 0.2) is 11.6 Å². The molecule has 3 rings (SSSR count). The van der Waals surface area contributed by atoms with E-state index in [1.807, 2.05) is 6.07 Å². The summed E-state index contributed by atoms with van der Waals surface area (Å²) in [5, 5.41) is 4.48. The Morgan fingerprint density at radius 2 is 1.76 bits per heavy atom. The van der Waals surface area contributed by atoms with Crippen molar-refractivity contribution in [2.45, 2.75) is 0 Å². The van der Waals surface area contributed by atoms with Crippen LogP contribution in [0.1, 0.15) is 0 Å². The largest absolute Gasteiger partial charge is 0.380 e. The van der Waals surface area contributed by atoms with E-state index in [9.17, 15) is 4.39 Å². The lowest BCUT2D eigenvalue weighted by atomic mass is 10.0. The molecule has 0 unspecified atom stereocenters. The van der Waals surface area contributed by atoms with Gasteiger partial charge in [-0.15, -0.1) is 0 Å². The number of aromatic nitrogens is 1. The fourth-order valence-electron chi connectivity index (χ4n) is 2.08. The number of nitrogen functional groups attached to an aromatic ring is 1. The predicted molar refractivity (Wildman–Crippen MR) is 81.8 cm³/mol. The standard InChI is InChI=1S/C15H9Cl2FN2O/c16-11-4-2-1-3-9(11)13-14(21-20-15(13)19)10-6-5-8(18)7-12(10)17/h1-7H,(H2,19,20). The second-order valence-corrected chi connectivity index (χ2v) is 5.19. The van der Waals surface area contributed by atoms with Crippen LogP contribution in [0.25, 0.3) is 22.5 Å². The maximum atomic E-state index is 13.2. The van der Waals surface area contributed by atoms with Crippen molar-refractivity contribution in [3.63, 3.8) is 0 Å². The van der Waals surface area contributed by atoms with Crippen LogP contribution in [0.2, 0.25) is 10.0 Å². The molecule has 0 aliphatic carbocycles. The Hall–Kier alpha value is -2.04. The third-order valence-electron chi connectivity index (χ3n) is 3.04. The molecule has 0 amide bonds. The Labute approximate surface area is 130 Å². The van der Waals surface area contributed by atoms with Crippen LogP contribution < -0.4 is 5.73 Å². The molecule has 6 heteroatoms. The second-order valence-electron chi connectivity index (χ2n) is 4.38. The Kier molecular flexibility index (Phi) is 3.57. The smallest absolute Gasteiger partial charge is 0.178 e. The number of anilines is 1. The van der Waals surface area contributed by atoms with Crippen LogP contribution in [0.15, 0.2) is 47.0 Å². The Morgan fingerprint density at radius 1 is 1.00 bits per heavy atom. The maximum Gasteiger partial charge on any atom is 0.178 e.